The first-order chi connectivity index (χ1) is 12.5. The van der Waals surface area contributed by atoms with E-state index in [9.17, 15) is 14.0 Å². The molecule has 0 aliphatic rings. The molecule has 0 amide bonds. The van der Waals surface area contributed by atoms with Gasteiger partial charge in [0.25, 0.3) is 0 Å². The Bertz CT molecular complexity index is 1050. The number of hydrogen-bond donors (Lipinski definition) is 0. The number of halogens is 1. The number of allylic oxidation sites excluding steroid dienone is 1. The third kappa shape index (κ3) is 3.57. The number of benzene rings is 2. The molecule has 0 bridgehead atoms. The molecule has 4 nitrogen and oxygen atoms in total. The average Bonchev–Trinajstić information content (AvgIpc) is 2.61. The second-order valence-corrected chi connectivity index (χ2v) is 5.75. The maximum Gasteiger partial charge on any atom is 0.336 e. The fraction of sp³-hybridized carbons (Fsp3) is 0.143. The van der Waals surface area contributed by atoms with Gasteiger partial charge in [0, 0.05) is 11.5 Å². The van der Waals surface area contributed by atoms with Gasteiger partial charge in [-0.25, -0.2) is 9.18 Å². The molecule has 1 heterocycles. The predicted octanol–water partition coefficient (Wildman–Crippen LogP) is 4.54. The van der Waals surface area contributed by atoms with E-state index < -0.39 is 5.63 Å². The van der Waals surface area contributed by atoms with Crippen molar-refractivity contribution >= 4 is 22.8 Å². The zero-order valence-corrected chi connectivity index (χ0v) is 14.4. The molecule has 1 aromatic heterocycles. The van der Waals surface area contributed by atoms with E-state index in [-0.39, 0.29) is 22.7 Å². The van der Waals surface area contributed by atoms with Gasteiger partial charge in [0.05, 0.1) is 6.61 Å². The summed E-state index contributed by atoms with van der Waals surface area (Å²) in [4.78, 5) is 24.6. The van der Waals surface area contributed by atoms with Crippen LogP contribution in [0.25, 0.3) is 17.0 Å². The molecule has 0 aliphatic carbocycles. The summed E-state index contributed by atoms with van der Waals surface area (Å²) in [7, 11) is 0. The van der Waals surface area contributed by atoms with Crippen LogP contribution in [0.2, 0.25) is 0 Å². The van der Waals surface area contributed by atoms with Gasteiger partial charge in [-0.1, -0.05) is 18.2 Å². The van der Waals surface area contributed by atoms with Crippen molar-refractivity contribution in [3.8, 4) is 5.75 Å². The summed E-state index contributed by atoms with van der Waals surface area (Å²) in [5, 5.41) is 0.673. The highest BCUT2D eigenvalue weighted by atomic mass is 19.1. The molecule has 0 saturated carbocycles. The number of ketones is 1. The van der Waals surface area contributed by atoms with Crippen molar-refractivity contribution in [1.82, 2.24) is 0 Å². The van der Waals surface area contributed by atoms with Crippen molar-refractivity contribution in [2.24, 2.45) is 0 Å². The van der Waals surface area contributed by atoms with Crippen molar-refractivity contribution in [3.63, 3.8) is 0 Å². The van der Waals surface area contributed by atoms with Gasteiger partial charge in [0.2, 0.25) is 0 Å². The molecule has 0 fully saturated rings. The maximum absolute atomic E-state index is 13.0. The fourth-order valence-electron chi connectivity index (χ4n) is 2.70. The van der Waals surface area contributed by atoms with E-state index in [1.807, 2.05) is 0 Å². The molecule has 0 N–H and O–H groups in total. The number of rotatable bonds is 5. The summed E-state index contributed by atoms with van der Waals surface area (Å²) in [5.74, 6) is -0.363. The highest BCUT2D eigenvalue weighted by Crippen LogP contribution is 2.30. The van der Waals surface area contributed by atoms with Crippen molar-refractivity contribution in [2.45, 2.75) is 13.8 Å². The number of fused-ring (bicyclic) bond motifs is 1. The Kier molecular flexibility index (Phi) is 4.98. The topological polar surface area (TPSA) is 56.5 Å². The van der Waals surface area contributed by atoms with Gasteiger partial charge in [-0.3, -0.25) is 4.79 Å². The van der Waals surface area contributed by atoms with E-state index in [4.69, 9.17) is 9.15 Å². The number of carbonyl (C=O) groups is 1. The molecular formula is C21H17FO4. The van der Waals surface area contributed by atoms with Crippen molar-refractivity contribution in [3.05, 3.63) is 81.5 Å². The first-order valence-electron chi connectivity index (χ1n) is 8.18. The molecule has 0 radical (unpaired) electrons. The Morgan fingerprint density at radius 2 is 1.92 bits per heavy atom. The standard InChI is InChI=1S/C21H17FO4/c1-3-25-18-11-9-16-13(2)12-19(24)26-21(16)20(18)17(23)10-6-14-4-7-15(22)8-5-14/h4-12H,3H2,1-2H3/b10-6+. The normalized spacial score (nSPS) is 11.2. The smallest absolute Gasteiger partial charge is 0.336 e. The summed E-state index contributed by atoms with van der Waals surface area (Å²) < 4.78 is 23.8. The Morgan fingerprint density at radius 3 is 2.62 bits per heavy atom. The Labute approximate surface area is 149 Å². The summed E-state index contributed by atoms with van der Waals surface area (Å²) in [5.41, 5.74) is 1.27. The summed E-state index contributed by atoms with van der Waals surface area (Å²) >= 11 is 0. The fourth-order valence-corrected chi connectivity index (χ4v) is 2.70. The minimum absolute atomic E-state index is 0.198. The largest absolute Gasteiger partial charge is 0.493 e. The van der Waals surface area contributed by atoms with Crippen LogP contribution in [-0.2, 0) is 0 Å². The minimum Gasteiger partial charge on any atom is -0.493 e. The van der Waals surface area contributed by atoms with Crippen LogP contribution < -0.4 is 10.4 Å². The minimum atomic E-state index is -0.528. The summed E-state index contributed by atoms with van der Waals surface area (Å²) in [6.45, 7) is 3.95. The highest BCUT2D eigenvalue weighted by molar-refractivity contribution is 6.15. The number of ether oxygens (including phenoxy) is 1. The van der Waals surface area contributed by atoms with Gasteiger partial charge in [0.1, 0.15) is 17.1 Å². The van der Waals surface area contributed by atoms with E-state index in [0.29, 0.717) is 23.3 Å². The van der Waals surface area contributed by atoms with Crippen LogP contribution in [0, 0.1) is 12.7 Å². The third-order valence-corrected chi connectivity index (χ3v) is 3.92. The quantitative estimate of drug-likeness (QED) is 0.384. The van der Waals surface area contributed by atoms with E-state index in [1.54, 1.807) is 44.2 Å². The van der Waals surface area contributed by atoms with Gasteiger partial charge in [-0.2, -0.15) is 0 Å². The molecule has 0 saturated heterocycles. The first kappa shape index (κ1) is 17.6. The maximum atomic E-state index is 13.0. The molecule has 132 valence electrons. The van der Waals surface area contributed by atoms with Gasteiger partial charge in [-0.15, -0.1) is 0 Å². The molecule has 3 aromatic rings. The SMILES string of the molecule is CCOc1ccc2c(C)cc(=O)oc2c1C(=O)/C=C/c1ccc(F)cc1. The Balaban J connectivity index is 2.11. The summed E-state index contributed by atoms with van der Waals surface area (Å²) in [6.07, 6.45) is 2.93. The van der Waals surface area contributed by atoms with Crippen LogP contribution in [-0.4, -0.2) is 12.4 Å². The van der Waals surface area contributed by atoms with Crippen LogP contribution in [0.3, 0.4) is 0 Å². The number of hydrogen-bond acceptors (Lipinski definition) is 4. The van der Waals surface area contributed by atoms with Crippen molar-refractivity contribution in [2.75, 3.05) is 6.61 Å². The Morgan fingerprint density at radius 1 is 1.19 bits per heavy atom. The lowest BCUT2D eigenvalue weighted by Gasteiger charge is -2.11. The van der Waals surface area contributed by atoms with E-state index in [2.05, 4.69) is 0 Å². The number of carbonyl (C=O) groups excluding carboxylic acids is 1. The molecule has 0 aliphatic heterocycles. The van der Waals surface area contributed by atoms with Crippen LogP contribution in [0.4, 0.5) is 4.39 Å². The van der Waals surface area contributed by atoms with Gasteiger partial charge >= 0.3 is 5.63 Å². The molecule has 0 spiro atoms. The van der Waals surface area contributed by atoms with Crippen LogP contribution in [0.1, 0.15) is 28.4 Å². The highest BCUT2D eigenvalue weighted by Gasteiger charge is 2.18. The van der Waals surface area contributed by atoms with E-state index >= 15 is 0 Å². The second kappa shape index (κ2) is 7.35. The lowest BCUT2D eigenvalue weighted by molar-refractivity contribution is 0.104. The second-order valence-electron chi connectivity index (χ2n) is 5.75. The van der Waals surface area contributed by atoms with Crippen LogP contribution in [0.15, 0.2) is 57.8 Å². The van der Waals surface area contributed by atoms with Gasteiger partial charge in [-0.05, 0) is 55.3 Å². The molecular weight excluding hydrogens is 335 g/mol. The molecule has 0 atom stereocenters. The zero-order valence-electron chi connectivity index (χ0n) is 14.4. The van der Waals surface area contributed by atoms with Crippen LogP contribution in [0.5, 0.6) is 5.75 Å². The first-order valence-corrected chi connectivity index (χ1v) is 8.18. The summed E-state index contributed by atoms with van der Waals surface area (Å²) in [6, 6.07) is 10.6. The molecule has 26 heavy (non-hydrogen) atoms. The molecule has 3 rings (SSSR count). The van der Waals surface area contributed by atoms with Gasteiger partial charge in [0.15, 0.2) is 11.4 Å². The average molecular weight is 352 g/mol. The number of aryl methyl sites for hydroxylation is 1. The van der Waals surface area contributed by atoms with E-state index in [0.717, 1.165) is 5.56 Å². The molecule has 0 unspecified atom stereocenters. The van der Waals surface area contributed by atoms with Crippen molar-refractivity contribution < 1.29 is 18.3 Å². The van der Waals surface area contributed by atoms with Gasteiger partial charge < -0.3 is 9.15 Å². The predicted molar refractivity (Wildman–Crippen MR) is 98.2 cm³/mol. The zero-order chi connectivity index (χ0) is 18.7. The lowest BCUT2D eigenvalue weighted by atomic mass is 10.0. The van der Waals surface area contributed by atoms with Crippen molar-refractivity contribution in [1.29, 1.82) is 0 Å². The Hall–Kier alpha value is -3.21. The van der Waals surface area contributed by atoms with E-state index in [1.165, 1.54) is 24.3 Å². The third-order valence-electron chi connectivity index (χ3n) is 3.92. The molecule has 5 heteroatoms. The lowest BCUT2D eigenvalue weighted by Crippen LogP contribution is -2.06. The monoisotopic (exact) mass is 352 g/mol. The molecule has 2 aromatic carbocycles. The van der Waals surface area contributed by atoms with Crippen LogP contribution >= 0.6 is 0 Å².